The van der Waals surface area contributed by atoms with Gasteiger partial charge in [0.05, 0.1) is 12.7 Å². The molecule has 1 heterocycles. The number of ether oxygens (including phenoxy) is 1. The van der Waals surface area contributed by atoms with Crippen molar-refractivity contribution < 1.29 is 14.3 Å². The van der Waals surface area contributed by atoms with Crippen LogP contribution < -0.4 is 16.0 Å². The van der Waals surface area contributed by atoms with Crippen molar-refractivity contribution in [2.24, 2.45) is 0 Å². The van der Waals surface area contributed by atoms with Crippen molar-refractivity contribution >= 4 is 40.6 Å². The highest BCUT2D eigenvalue weighted by molar-refractivity contribution is 7.73. The Bertz CT molecular complexity index is 762. The molecule has 0 radical (unpaired) electrons. The van der Waals surface area contributed by atoms with Crippen molar-refractivity contribution in [3.8, 4) is 0 Å². The maximum Gasteiger partial charge on any atom is 0.321 e. The van der Waals surface area contributed by atoms with Crippen LogP contribution in [0.1, 0.15) is 12.5 Å². The highest BCUT2D eigenvalue weighted by Gasteiger charge is 2.27. The van der Waals surface area contributed by atoms with E-state index in [0.717, 1.165) is 16.9 Å². The van der Waals surface area contributed by atoms with Crippen molar-refractivity contribution in [3.05, 3.63) is 39.8 Å². The van der Waals surface area contributed by atoms with Crippen LogP contribution in [0.15, 0.2) is 30.3 Å². The Balaban J connectivity index is 1.95. The van der Waals surface area contributed by atoms with Crippen LogP contribution in [-0.4, -0.2) is 41.3 Å². The number of benzene rings is 1. The summed E-state index contributed by atoms with van der Waals surface area (Å²) < 4.78 is 6.17. The number of rotatable bonds is 7. The van der Waals surface area contributed by atoms with Gasteiger partial charge in [-0.05, 0) is 24.7 Å². The normalized spacial score (nSPS) is 12.9. The minimum absolute atomic E-state index is 0.316. The van der Waals surface area contributed by atoms with E-state index in [9.17, 15) is 9.59 Å². The zero-order chi connectivity index (χ0) is 18.2. The summed E-state index contributed by atoms with van der Waals surface area (Å²) in [4.78, 5) is 24.2. The van der Waals surface area contributed by atoms with E-state index in [4.69, 9.17) is 17.0 Å². The van der Waals surface area contributed by atoms with Gasteiger partial charge in [-0.25, -0.2) is 4.79 Å². The van der Waals surface area contributed by atoms with E-state index >= 15 is 0 Å². The minimum Gasteiger partial charge on any atom is -0.371 e. The topological polar surface area (TPSA) is 108 Å². The van der Waals surface area contributed by atoms with Gasteiger partial charge in [0.1, 0.15) is 6.04 Å². The fraction of sp³-hybridized carbons (Fsp3) is 0.333. The van der Waals surface area contributed by atoms with E-state index < -0.39 is 18.2 Å². The van der Waals surface area contributed by atoms with E-state index in [-0.39, 0.29) is 5.91 Å². The molecule has 0 saturated heterocycles. The Kier molecular flexibility index (Phi) is 7.04. The molecule has 2 unspecified atom stereocenters. The van der Waals surface area contributed by atoms with Gasteiger partial charge in [0.25, 0.3) is 0 Å². The molecule has 0 saturated carbocycles. The first-order valence-electron chi connectivity index (χ1n) is 7.49. The highest BCUT2D eigenvalue weighted by Crippen LogP contribution is 2.11. The van der Waals surface area contributed by atoms with Crippen LogP contribution in [0.25, 0.3) is 0 Å². The quantitative estimate of drug-likeness (QED) is 0.549. The SMILES string of the molecule is CNC(=O)C(NC(=O)Nc1n[nH]c(=S)s1)C(C)OCc1ccccc1. The molecule has 10 heteroatoms. The molecule has 1 aromatic carbocycles. The lowest BCUT2D eigenvalue weighted by Gasteiger charge is -2.24. The standard InChI is InChI=1S/C15H19N5O3S2/c1-9(23-8-10-6-4-3-5-7-10)11(12(21)16-2)17-13(22)18-14-19-20-15(24)25-14/h3-7,9,11H,8H2,1-2H3,(H,16,21)(H,20,24)(H2,17,18,19,22). The molecule has 8 nitrogen and oxygen atoms in total. The number of amides is 3. The van der Waals surface area contributed by atoms with Gasteiger partial charge in [0.2, 0.25) is 11.0 Å². The van der Waals surface area contributed by atoms with E-state index in [0.29, 0.717) is 15.7 Å². The molecule has 0 aliphatic rings. The smallest absolute Gasteiger partial charge is 0.321 e. The van der Waals surface area contributed by atoms with Gasteiger partial charge >= 0.3 is 6.03 Å². The predicted octanol–water partition coefficient (Wildman–Crippen LogP) is 2.04. The Morgan fingerprint density at radius 2 is 2.08 bits per heavy atom. The van der Waals surface area contributed by atoms with Crippen molar-refractivity contribution in [2.75, 3.05) is 12.4 Å². The van der Waals surface area contributed by atoms with Crippen LogP contribution in [0.5, 0.6) is 0 Å². The van der Waals surface area contributed by atoms with Gasteiger partial charge in [-0.15, -0.1) is 5.10 Å². The summed E-state index contributed by atoms with van der Waals surface area (Å²) in [6, 6.07) is 8.14. The highest BCUT2D eigenvalue weighted by atomic mass is 32.1. The molecule has 4 N–H and O–H groups in total. The van der Waals surface area contributed by atoms with Gasteiger partial charge in [0, 0.05) is 7.05 Å². The maximum absolute atomic E-state index is 12.1. The second-order valence-electron chi connectivity index (χ2n) is 5.11. The Hall–Kier alpha value is -2.30. The molecule has 0 aliphatic heterocycles. The molecule has 2 aromatic rings. The van der Waals surface area contributed by atoms with Crippen molar-refractivity contribution in [2.45, 2.75) is 25.7 Å². The molecule has 2 atom stereocenters. The van der Waals surface area contributed by atoms with Gasteiger partial charge in [0.15, 0.2) is 3.95 Å². The molecule has 0 fully saturated rings. The second-order valence-corrected chi connectivity index (χ2v) is 6.78. The lowest BCUT2D eigenvalue weighted by Crippen LogP contribution is -2.53. The van der Waals surface area contributed by atoms with E-state index in [1.165, 1.54) is 7.05 Å². The van der Waals surface area contributed by atoms with Crippen LogP contribution in [0.3, 0.4) is 0 Å². The summed E-state index contributed by atoms with van der Waals surface area (Å²) in [6.07, 6.45) is -0.539. The fourth-order valence-electron chi connectivity index (χ4n) is 2.01. The predicted molar refractivity (Wildman–Crippen MR) is 98.0 cm³/mol. The molecule has 0 spiro atoms. The van der Waals surface area contributed by atoms with E-state index in [1.807, 2.05) is 30.3 Å². The Labute approximate surface area is 154 Å². The summed E-state index contributed by atoms with van der Waals surface area (Å²) in [5.41, 5.74) is 0.978. The number of aromatic amines is 1. The number of H-pyrrole nitrogens is 1. The second kappa shape index (κ2) is 9.25. The average Bonchev–Trinajstić information content (AvgIpc) is 3.02. The lowest BCUT2D eigenvalue weighted by atomic mass is 10.1. The summed E-state index contributed by atoms with van der Waals surface area (Å²) in [7, 11) is 1.50. The molecular formula is C15H19N5O3S2. The zero-order valence-corrected chi connectivity index (χ0v) is 15.4. The third-order valence-electron chi connectivity index (χ3n) is 3.30. The first kappa shape index (κ1) is 19.0. The lowest BCUT2D eigenvalue weighted by molar-refractivity contribution is -0.126. The first-order chi connectivity index (χ1) is 12.0. The van der Waals surface area contributed by atoms with Crippen LogP contribution in [0, 0.1) is 3.95 Å². The number of hydrogen-bond donors (Lipinski definition) is 4. The Morgan fingerprint density at radius 1 is 1.36 bits per heavy atom. The van der Waals surface area contributed by atoms with E-state index in [1.54, 1.807) is 6.92 Å². The molecule has 134 valence electrons. The molecule has 0 bridgehead atoms. The van der Waals surface area contributed by atoms with Crippen LogP contribution >= 0.6 is 23.6 Å². The number of hydrogen-bond acceptors (Lipinski definition) is 6. The van der Waals surface area contributed by atoms with Gasteiger partial charge in [-0.2, -0.15) is 0 Å². The number of nitrogens with one attached hydrogen (secondary N) is 4. The summed E-state index contributed by atoms with van der Waals surface area (Å²) in [6.45, 7) is 2.06. The largest absolute Gasteiger partial charge is 0.371 e. The van der Waals surface area contributed by atoms with Crippen LogP contribution in [-0.2, 0) is 16.1 Å². The number of carbonyl (C=O) groups is 2. The number of aromatic nitrogens is 2. The molecule has 1 aromatic heterocycles. The summed E-state index contributed by atoms with van der Waals surface area (Å²) >= 11 is 6.02. The summed E-state index contributed by atoms with van der Waals surface area (Å²) in [5, 5.41) is 14.3. The number of urea groups is 1. The monoisotopic (exact) mass is 381 g/mol. The maximum atomic E-state index is 12.1. The van der Waals surface area contributed by atoms with Crippen molar-refractivity contribution in [1.82, 2.24) is 20.8 Å². The van der Waals surface area contributed by atoms with Gasteiger partial charge in [-0.1, -0.05) is 41.7 Å². The van der Waals surface area contributed by atoms with Gasteiger partial charge in [-0.3, -0.25) is 15.2 Å². The van der Waals surface area contributed by atoms with Crippen LogP contribution in [0.2, 0.25) is 0 Å². The molecule has 3 amide bonds. The molecule has 25 heavy (non-hydrogen) atoms. The average molecular weight is 381 g/mol. The zero-order valence-electron chi connectivity index (χ0n) is 13.7. The molecule has 2 rings (SSSR count). The molecule has 0 aliphatic carbocycles. The first-order valence-corrected chi connectivity index (χ1v) is 8.72. The van der Waals surface area contributed by atoms with Crippen molar-refractivity contribution in [3.63, 3.8) is 0 Å². The number of likely N-dealkylation sites (N-methyl/N-ethyl adjacent to an activating group) is 1. The van der Waals surface area contributed by atoms with E-state index in [2.05, 4.69) is 26.1 Å². The van der Waals surface area contributed by atoms with Crippen molar-refractivity contribution in [1.29, 1.82) is 0 Å². The molecular weight excluding hydrogens is 362 g/mol. The Morgan fingerprint density at radius 3 is 2.68 bits per heavy atom. The summed E-state index contributed by atoms with van der Waals surface area (Å²) in [5.74, 6) is -0.356. The van der Waals surface area contributed by atoms with Gasteiger partial charge < -0.3 is 15.4 Å². The third kappa shape index (κ3) is 5.93. The minimum atomic E-state index is -0.861. The number of anilines is 1. The fourth-order valence-corrected chi connectivity index (χ4v) is 2.79. The number of carbonyl (C=O) groups excluding carboxylic acids is 2. The number of nitrogens with zero attached hydrogens (tertiary/aromatic N) is 1. The van der Waals surface area contributed by atoms with Crippen LogP contribution in [0.4, 0.5) is 9.93 Å². The third-order valence-corrected chi connectivity index (χ3v) is 4.30.